The van der Waals surface area contributed by atoms with Crippen LogP contribution in [0.25, 0.3) is 10.7 Å². The van der Waals surface area contributed by atoms with E-state index in [1.165, 1.54) is 10.9 Å². The Hall–Kier alpha value is -0.160. The van der Waals surface area contributed by atoms with Gasteiger partial charge in [-0.1, -0.05) is 23.2 Å². The second-order valence-electron chi connectivity index (χ2n) is 2.85. The highest BCUT2D eigenvalue weighted by molar-refractivity contribution is 9.10. The summed E-state index contributed by atoms with van der Waals surface area (Å²) in [7, 11) is 0. The largest absolute Gasteiger partial charge is 0.215 e. The number of thiophene rings is 1. The van der Waals surface area contributed by atoms with Crippen molar-refractivity contribution in [2.24, 2.45) is 0 Å². The summed E-state index contributed by atoms with van der Waals surface area (Å²) in [6, 6.07) is 3.48. The highest BCUT2D eigenvalue weighted by Gasteiger charge is 2.09. The van der Waals surface area contributed by atoms with E-state index in [0.717, 1.165) is 9.35 Å². The van der Waals surface area contributed by atoms with Gasteiger partial charge in [0.15, 0.2) is 5.82 Å². The third-order valence-corrected chi connectivity index (χ3v) is 4.26. The van der Waals surface area contributed by atoms with Crippen LogP contribution in [-0.2, 0) is 0 Å². The zero-order chi connectivity index (χ0) is 11.0. The molecule has 0 N–H and O–H groups in total. The standard InChI is InChI=1S/C9H5BrCl2N2S/c1-4-5(10)2-6(15-4)9-13-7(11)3-8(12)14-9/h2-3H,1H3. The van der Waals surface area contributed by atoms with Gasteiger partial charge in [-0.25, -0.2) is 9.97 Å². The molecule has 2 nitrogen and oxygen atoms in total. The maximum absolute atomic E-state index is 5.80. The van der Waals surface area contributed by atoms with Gasteiger partial charge in [0.2, 0.25) is 0 Å². The molecule has 2 aromatic heterocycles. The van der Waals surface area contributed by atoms with Crippen molar-refractivity contribution >= 4 is 50.5 Å². The lowest BCUT2D eigenvalue weighted by Gasteiger charge is -1.97. The summed E-state index contributed by atoms with van der Waals surface area (Å²) in [5.74, 6) is 0.561. The van der Waals surface area contributed by atoms with Crippen molar-refractivity contribution in [1.29, 1.82) is 0 Å². The minimum absolute atomic E-state index is 0.354. The van der Waals surface area contributed by atoms with Crippen LogP contribution in [0.1, 0.15) is 4.88 Å². The Morgan fingerprint density at radius 1 is 1.20 bits per heavy atom. The summed E-state index contributed by atoms with van der Waals surface area (Å²) in [5, 5.41) is 0.708. The van der Waals surface area contributed by atoms with Gasteiger partial charge in [-0.05, 0) is 28.9 Å². The number of nitrogens with zero attached hydrogens (tertiary/aromatic N) is 2. The molecule has 15 heavy (non-hydrogen) atoms. The fourth-order valence-corrected chi connectivity index (χ4v) is 2.96. The van der Waals surface area contributed by atoms with E-state index in [1.807, 2.05) is 13.0 Å². The molecule has 2 heterocycles. The van der Waals surface area contributed by atoms with Gasteiger partial charge in [0.1, 0.15) is 10.3 Å². The van der Waals surface area contributed by atoms with Crippen LogP contribution in [-0.4, -0.2) is 9.97 Å². The van der Waals surface area contributed by atoms with E-state index in [0.29, 0.717) is 16.1 Å². The van der Waals surface area contributed by atoms with E-state index in [1.54, 1.807) is 11.3 Å². The third kappa shape index (κ3) is 2.50. The molecule has 0 spiro atoms. The lowest BCUT2D eigenvalue weighted by molar-refractivity contribution is 1.19. The average molecular weight is 324 g/mol. The molecule has 0 saturated carbocycles. The molecule has 0 bridgehead atoms. The predicted molar refractivity (Wildman–Crippen MR) is 67.8 cm³/mol. The van der Waals surface area contributed by atoms with E-state index >= 15 is 0 Å². The van der Waals surface area contributed by atoms with Gasteiger partial charge in [0.25, 0.3) is 0 Å². The van der Waals surface area contributed by atoms with Crippen LogP contribution in [0.5, 0.6) is 0 Å². The fraction of sp³-hybridized carbons (Fsp3) is 0.111. The van der Waals surface area contributed by atoms with Gasteiger partial charge in [0, 0.05) is 15.4 Å². The van der Waals surface area contributed by atoms with E-state index < -0.39 is 0 Å². The number of hydrogen-bond donors (Lipinski definition) is 0. The first kappa shape index (κ1) is 11.3. The van der Waals surface area contributed by atoms with Crippen molar-refractivity contribution in [3.8, 4) is 10.7 Å². The van der Waals surface area contributed by atoms with Crippen molar-refractivity contribution in [2.45, 2.75) is 6.92 Å². The van der Waals surface area contributed by atoms with E-state index in [9.17, 15) is 0 Å². The molecular formula is C9H5BrCl2N2S. The number of halogens is 3. The second-order valence-corrected chi connectivity index (χ2v) is 5.74. The molecule has 0 unspecified atom stereocenters. The number of rotatable bonds is 1. The normalized spacial score (nSPS) is 10.7. The molecule has 0 aliphatic carbocycles. The average Bonchev–Trinajstić information content (AvgIpc) is 2.45. The van der Waals surface area contributed by atoms with E-state index in [-0.39, 0.29) is 0 Å². The summed E-state index contributed by atoms with van der Waals surface area (Å²) in [4.78, 5) is 10.4. The molecule has 2 rings (SSSR count). The molecule has 0 amide bonds. The summed E-state index contributed by atoms with van der Waals surface area (Å²) in [6.07, 6.45) is 0. The number of aromatic nitrogens is 2. The Kier molecular flexibility index (Phi) is 3.30. The molecular weight excluding hydrogens is 319 g/mol. The molecule has 0 atom stereocenters. The highest BCUT2D eigenvalue weighted by atomic mass is 79.9. The van der Waals surface area contributed by atoms with Crippen LogP contribution >= 0.6 is 50.5 Å². The predicted octanol–water partition coefficient (Wildman–Crippen LogP) is 4.58. The van der Waals surface area contributed by atoms with Crippen molar-refractivity contribution < 1.29 is 0 Å². The Morgan fingerprint density at radius 2 is 1.80 bits per heavy atom. The first-order valence-electron chi connectivity index (χ1n) is 4.02. The summed E-state index contributed by atoms with van der Waals surface area (Å²) < 4.78 is 1.04. The first-order chi connectivity index (χ1) is 7.06. The zero-order valence-electron chi connectivity index (χ0n) is 7.59. The first-order valence-corrected chi connectivity index (χ1v) is 6.39. The Bertz CT molecular complexity index is 473. The summed E-state index contributed by atoms with van der Waals surface area (Å²) in [6.45, 7) is 2.02. The monoisotopic (exact) mass is 322 g/mol. The minimum atomic E-state index is 0.354. The molecule has 6 heteroatoms. The van der Waals surface area contributed by atoms with Crippen LogP contribution < -0.4 is 0 Å². The van der Waals surface area contributed by atoms with Crippen LogP contribution in [0, 0.1) is 6.92 Å². The van der Waals surface area contributed by atoms with Gasteiger partial charge >= 0.3 is 0 Å². The fourth-order valence-electron chi connectivity index (χ4n) is 1.07. The maximum atomic E-state index is 5.80. The van der Waals surface area contributed by atoms with Crippen molar-refractivity contribution in [2.75, 3.05) is 0 Å². The topological polar surface area (TPSA) is 25.8 Å². The van der Waals surface area contributed by atoms with Gasteiger partial charge in [-0.2, -0.15) is 0 Å². The molecule has 0 saturated heterocycles. The molecule has 2 aromatic rings. The van der Waals surface area contributed by atoms with Crippen LogP contribution in [0.15, 0.2) is 16.6 Å². The number of hydrogen-bond acceptors (Lipinski definition) is 3. The maximum Gasteiger partial charge on any atom is 0.172 e. The lowest BCUT2D eigenvalue weighted by Crippen LogP contribution is -1.87. The van der Waals surface area contributed by atoms with Crippen LogP contribution in [0.4, 0.5) is 0 Å². The minimum Gasteiger partial charge on any atom is -0.215 e. The van der Waals surface area contributed by atoms with E-state index in [2.05, 4.69) is 25.9 Å². The second kappa shape index (κ2) is 4.37. The Labute approximate surface area is 109 Å². The highest BCUT2D eigenvalue weighted by Crippen LogP contribution is 2.33. The van der Waals surface area contributed by atoms with Crippen LogP contribution in [0.3, 0.4) is 0 Å². The smallest absolute Gasteiger partial charge is 0.172 e. The zero-order valence-corrected chi connectivity index (χ0v) is 11.5. The van der Waals surface area contributed by atoms with Gasteiger partial charge in [-0.15, -0.1) is 11.3 Å². The SMILES string of the molecule is Cc1sc(-c2nc(Cl)cc(Cl)n2)cc1Br. The molecule has 78 valence electrons. The van der Waals surface area contributed by atoms with Crippen molar-refractivity contribution in [3.05, 3.63) is 31.8 Å². The van der Waals surface area contributed by atoms with Crippen LogP contribution in [0.2, 0.25) is 10.3 Å². The van der Waals surface area contributed by atoms with Gasteiger partial charge < -0.3 is 0 Å². The summed E-state index contributed by atoms with van der Waals surface area (Å²) >= 11 is 16.6. The number of aryl methyl sites for hydroxylation is 1. The Balaban J connectivity index is 2.53. The lowest BCUT2D eigenvalue weighted by atomic mass is 10.4. The van der Waals surface area contributed by atoms with Crippen molar-refractivity contribution in [1.82, 2.24) is 9.97 Å². The summed E-state index contributed by atoms with van der Waals surface area (Å²) in [5.41, 5.74) is 0. The third-order valence-electron chi connectivity index (χ3n) is 1.74. The van der Waals surface area contributed by atoms with E-state index in [4.69, 9.17) is 23.2 Å². The van der Waals surface area contributed by atoms with Gasteiger partial charge in [-0.3, -0.25) is 0 Å². The Morgan fingerprint density at radius 3 is 2.27 bits per heavy atom. The molecule has 0 aliphatic rings. The quantitative estimate of drug-likeness (QED) is 0.718. The molecule has 0 radical (unpaired) electrons. The molecule has 0 aromatic carbocycles. The van der Waals surface area contributed by atoms with Crippen molar-refractivity contribution in [3.63, 3.8) is 0 Å². The molecule has 0 fully saturated rings. The molecule has 0 aliphatic heterocycles. The van der Waals surface area contributed by atoms with Gasteiger partial charge in [0.05, 0.1) is 4.88 Å².